The molecule has 3 amide bonds. The maximum absolute atomic E-state index is 12.0. The van der Waals surface area contributed by atoms with Gasteiger partial charge in [0.1, 0.15) is 12.1 Å². The van der Waals surface area contributed by atoms with E-state index in [-0.39, 0.29) is 11.8 Å². The Morgan fingerprint density at radius 1 is 1.33 bits per heavy atom. The van der Waals surface area contributed by atoms with E-state index >= 15 is 0 Å². The van der Waals surface area contributed by atoms with Crippen LogP contribution in [0.5, 0.6) is 0 Å². The van der Waals surface area contributed by atoms with E-state index in [1.807, 2.05) is 30.3 Å². The molecular formula is C15H19N3O3. The SMILES string of the molecule is NC(=O)[C@@H](CCc1ccccc1)NC(=O)[C@H]1CCC(=O)N1. The third-order valence-electron chi connectivity index (χ3n) is 3.54. The first kappa shape index (κ1) is 15.0. The van der Waals surface area contributed by atoms with Gasteiger partial charge in [0.2, 0.25) is 17.7 Å². The van der Waals surface area contributed by atoms with Crippen LogP contribution in [0, 0.1) is 0 Å². The summed E-state index contributed by atoms with van der Waals surface area (Å²) in [6, 6.07) is 8.38. The van der Waals surface area contributed by atoms with Crippen LogP contribution in [0.2, 0.25) is 0 Å². The Kier molecular flexibility index (Phi) is 4.92. The van der Waals surface area contributed by atoms with Crippen LogP contribution in [0.15, 0.2) is 30.3 Å². The van der Waals surface area contributed by atoms with Crippen LogP contribution in [0.1, 0.15) is 24.8 Å². The number of amides is 3. The van der Waals surface area contributed by atoms with Gasteiger partial charge in [-0.2, -0.15) is 0 Å². The minimum atomic E-state index is -0.727. The molecule has 112 valence electrons. The number of nitrogens with two attached hydrogens (primary N) is 1. The molecule has 1 heterocycles. The molecule has 6 nitrogen and oxygen atoms in total. The average Bonchev–Trinajstić information content (AvgIpc) is 2.90. The van der Waals surface area contributed by atoms with Gasteiger partial charge in [-0.3, -0.25) is 14.4 Å². The molecule has 0 bridgehead atoms. The summed E-state index contributed by atoms with van der Waals surface area (Å²) >= 11 is 0. The Morgan fingerprint density at radius 3 is 2.62 bits per heavy atom. The zero-order valence-electron chi connectivity index (χ0n) is 11.7. The van der Waals surface area contributed by atoms with Gasteiger partial charge in [0.15, 0.2) is 0 Å². The molecule has 0 saturated carbocycles. The standard InChI is InChI=1S/C15H19N3O3/c16-14(20)11(7-6-10-4-2-1-3-5-10)18-15(21)12-8-9-13(19)17-12/h1-5,11-12H,6-9H2,(H2,16,20)(H,17,19)(H,18,21)/t11-,12-/m1/s1. The van der Waals surface area contributed by atoms with Crippen molar-refractivity contribution in [3.8, 4) is 0 Å². The minimum Gasteiger partial charge on any atom is -0.368 e. The number of carbonyl (C=O) groups is 3. The van der Waals surface area contributed by atoms with Crippen LogP contribution in [-0.4, -0.2) is 29.8 Å². The molecule has 6 heteroatoms. The lowest BCUT2D eigenvalue weighted by Gasteiger charge is -2.18. The lowest BCUT2D eigenvalue weighted by Crippen LogP contribution is -2.50. The first-order valence-electron chi connectivity index (χ1n) is 6.99. The van der Waals surface area contributed by atoms with Crippen molar-refractivity contribution in [1.29, 1.82) is 0 Å². The molecule has 1 fully saturated rings. The molecule has 0 aromatic heterocycles. The summed E-state index contributed by atoms with van der Waals surface area (Å²) in [5, 5.41) is 5.19. The molecule has 2 rings (SSSR count). The second kappa shape index (κ2) is 6.88. The molecule has 1 aromatic rings. The van der Waals surface area contributed by atoms with Gasteiger partial charge in [-0.15, -0.1) is 0 Å². The topological polar surface area (TPSA) is 101 Å². The van der Waals surface area contributed by atoms with Gasteiger partial charge in [-0.1, -0.05) is 30.3 Å². The van der Waals surface area contributed by atoms with Gasteiger partial charge in [0.05, 0.1) is 0 Å². The molecule has 0 spiro atoms. The quantitative estimate of drug-likeness (QED) is 0.679. The highest BCUT2D eigenvalue weighted by molar-refractivity contribution is 5.93. The van der Waals surface area contributed by atoms with Crippen molar-refractivity contribution in [2.24, 2.45) is 5.73 Å². The molecule has 1 saturated heterocycles. The maximum atomic E-state index is 12.0. The van der Waals surface area contributed by atoms with Crippen molar-refractivity contribution >= 4 is 17.7 Å². The van der Waals surface area contributed by atoms with E-state index in [9.17, 15) is 14.4 Å². The van der Waals surface area contributed by atoms with E-state index < -0.39 is 18.0 Å². The van der Waals surface area contributed by atoms with Crippen molar-refractivity contribution < 1.29 is 14.4 Å². The number of hydrogen-bond donors (Lipinski definition) is 3. The summed E-state index contributed by atoms with van der Waals surface area (Å²) in [6.45, 7) is 0. The number of carbonyl (C=O) groups excluding carboxylic acids is 3. The highest BCUT2D eigenvalue weighted by atomic mass is 16.2. The first-order valence-corrected chi connectivity index (χ1v) is 6.99. The van der Waals surface area contributed by atoms with Gasteiger partial charge < -0.3 is 16.4 Å². The summed E-state index contributed by atoms with van der Waals surface area (Å²) in [5.74, 6) is -1.06. The molecule has 1 aromatic carbocycles. The Labute approximate surface area is 123 Å². The van der Waals surface area contributed by atoms with Crippen LogP contribution >= 0.6 is 0 Å². The maximum Gasteiger partial charge on any atom is 0.243 e. The number of hydrogen-bond acceptors (Lipinski definition) is 3. The Hall–Kier alpha value is -2.37. The monoisotopic (exact) mass is 289 g/mol. The summed E-state index contributed by atoms with van der Waals surface area (Å²) < 4.78 is 0. The highest BCUT2D eigenvalue weighted by Gasteiger charge is 2.29. The van der Waals surface area contributed by atoms with E-state index in [0.717, 1.165) is 5.56 Å². The molecule has 0 aliphatic carbocycles. The highest BCUT2D eigenvalue weighted by Crippen LogP contribution is 2.09. The van der Waals surface area contributed by atoms with Crippen molar-refractivity contribution in [3.63, 3.8) is 0 Å². The van der Waals surface area contributed by atoms with Crippen LogP contribution in [-0.2, 0) is 20.8 Å². The molecule has 1 aliphatic heterocycles. The number of nitrogens with one attached hydrogen (secondary N) is 2. The average molecular weight is 289 g/mol. The van der Waals surface area contributed by atoms with E-state index in [1.54, 1.807) is 0 Å². The third-order valence-corrected chi connectivity index (χ3v) is 3.54. The van der Waals surface area contributed by atoms with Crippen LogP contribution in [0.4, 0.5) is 0 Å². The lowest BCUT2D eigenvalue weighted by molar-refractivity contribution is -0.129. The van der Waals surface area contributed by atoms with Crippen LogP contribution in [0.25, 0.3) is 0 Å². The molecular weight excluding hydrogens is 270 g/mol. The summed E-state index contributed by atoms with van der Waals surface area (Å²) in [7, 11) is 0. The number of benzene rings is 1. The van der Waals surface area contributed by atoms with E-state index in [0.29, 0.717) is 25.7 Å². The molecule has 1 aliphatic rings. The van der Waals surface area contributed by atoms with Crippen molar-refractivity contribution in [1.82, 2.24) is 10.6 Å². The van der Waals surface area contributed by atoms with E-state index in [4.69, 9.17) is 5.73 Å². The fraction of sp³-hybridized carbons (Fsp3) is 0.400. The number of primary amides is 1. The van der Waals surface area contributed by atoms with Gasteiger partial charge >= 0.3 is 0 Å². The van der Waals surface area contributed by atoms with Gasteiger partial charge in [0.25, 0.3) is 0 Å². The van der Waals surface area contributed by atoms with Crippen molar-refractivity contribution in [2.75, 3.05) is 0 Å². The zero-order valence-corrected chi connectivity index (χ0v) is 11.7. The fourth-order valence-electron chi connectivity index (χ4n) is 2.32. The first-order chi connectivity index (χ1) is 10.1. The van der Waals surface area contributed by atoms with Crippen LogP contribution in [0.3, 0.4) is 0 Å². The predicted octanol–water partition coefficient (Wildman–Crippen LogP) is -0.132. The van der Waals surface area contributed by atoms with Crippen molar-refractivity contribution in [3.05, 3.63) is 35.9 Å². The molecule has 21 heavy (non-hydrogen) atoms. The predicted molar refractivity (Wildman–Crippen MR) is 77.1 cm³/mol. The van der Waals surface area contributed by atoms with Crippen LogP contribution < -0.4 is 16.4 Å². The molecule has 0 unspecified atom stereocenters. The smallest absolute Gasteiger partial charge is 0.243 e. The Morgan fingerprint density at radius 2 is 2.05 bits per heavy atom. The van der Waals surface area contributed by atoms with Crippen molar-refractivity contribution in [2.45, 2.75) is 37.8 Å². The molecule has 2 atom stereocenters. The zero-order chi connectivity index (χ0) is 15.2. The Balaban J connectivity index is 1.88. The fourth-order valence-corrected chi connectivity index (χ4v) is 2.32. The second-order valence-corrected chi connectivity index (χ2v) is 5.15. The molecule has 4 N–H and O–H groups in total. The van der Waals surface area contributed by atoms with Gasteiger partial charge in [-0.25, -0.2) is 0 Å². The third kappa shape index (κ3) is 4.30. The van der Waals surface area contributed by atoms with Gasteiger partial charge in [-0.05, 0) is 24.8 Å². The normalized spacial score (nSPS) is 18.9. The molecule has 0 radical (unpaired) electrons. The Bertz CT molecular complexity index is 530. The van der Waals surface area contributed by atoms with E-state index in [2.05, 4.69) is 10.6 Å². The number of aryl methyl sites for hydroxylation is 1. The summed E-state index contributed by atoms with van der Waals surface area (Å²) in [4.78, 5) is 34.5. The summed E-state index contributed by atoms with van der Waals surface area (Å²) in [5.41, 5.74) is 6.41. The lowest BCUT2D eigenvalue weighted by atomic mass is 10.0. The number of rotatable bonds is 6. The minimum absolute atomic E-state index is 0.143. The second-order valence-electron chi connectivity index (χ2n) is 5.15. The summed E-state index contributed by atoms with van der Waals surface area (Å²) in [6.07, 6.45) is 1.87. The van der Waals surface area contributed by atoms with Gasteiger partial charge in [0, 0.05) is 6.42 Å². The van der Waals surface area contributed by atoms with E-state index in [1.165, 1.54) is 0 Å². The largest absolute Gasteiger partial charge is 0.368 e.